The zero-order valence-electron chi connectivity index (χ0n) is 18.1. The highest BCUT2D eigenvalue weighted by Crippen LogP contribution is 2.51. The number of hydrogen-bond donors (Lipinski definition) is 1. The third-order valence-electron chi connectivity index (χ3n) is 6.76. The van der Waals surface area contributed by atoms with Gasteiger partial charge in [0.15, 0.2) is 6.17 Å². The molecule has 0 aromatic rings. The van der Waals surface area contributed by atoms with Gasteiger partial charge in [0.25, 0.3) is 5.85 Å². The van der Waals surface area contributed by atoms with Gasteiger partial charge in [-0.25, -0.2) is 0 Å². The Bertz CT molecular complexity index is 635. The van der Waals surface area contributed by atoms with Crippen molar-refractivity contribution in [2.24, 2.45) is 0 Å². The highest BCUT2D eigenvalue weighted by atomic mass is 32.2. The van der Waals surface area contributed by atoms with Gasteiger partial charge in [0.1, 0.15) is 11.6 Å². The summed E-state index contributed by atoms with van der Waals surface area (Å²) in [6.45, 7) is 13.6. The van der Waals surface area contributed by atoms with E-state index < -0.39 is 11.8 Å². The lowest BCUT2D eigenvalue weighted by atomic mass is 10.2. The minimum atomic E-state index is -0.725. The van der Waals surface area contributed by atoms with Gasteiger partial charge in [-0.2, -0.15) is 11.8 Å². The number of ether oxygens (including phenoxy) is 1. The van der Waals surface area contributed by atoms with Crippen molar-refractivity contribution >= 4 is 17.7 Å². The largest absolute Gasteiger partial charge is 0.481 e. The molecule has 4 heterocycles. The summed E-state index contributed by atoms with van der Waals surface area (Å²) in [5.41, 5.74) is 0. The van der Waals surface area contributed by atoms with Crippen molar-refractivity contribution in [1.29, 1.82) is 0 Å². The summed E-state index contributed by atoms with van der Waals surface area (Å²) < 4.78 is 6.85. The van der Waals surface area contributed by atoms with Crippen LogP contribution in [-0.4, -0.2) is 87.0 Å². The Balaban J connectivity index is 1.53. The Hall–Kier alpha value is -1.54. The first-order valence-corrected chi connectivity index (χ1v) is 12.6. The molecule has 0 aromatic carbocycles. The molecule has 4 rings (SSSR count). The number of nitrogens with zero attached hydrogens (tertiary/aromatic N) is 4. The molecule has 0 amide bonds. The average molecular weight is 437 g/mol. The summed E-state index contributed by atoms with van der Waals surface area (Å²) in [7, 11) is 0. The van der Waals surface area contributed by atoms with E-state index in [4.69, 9.17) is 9.84 Å². The lowest BCUT2D eigenvalue weighted by Gasteiger charge is -2.44. The molecule has 30 heavy (non-hydrogen) atoms. The molecular weight excluding hydrogens is 400 g/mol. The van der Waals surface area contributed by atoms with E-state index in [0.29, 0.717) is 12.4 Å². The molecule has 8 heteroatoms. The topological polar surface area (TPSA) is 59.5 Å². The fourth-order valence-electron chi connectivity index (χ4n) is 5.38. The molecule has 0 aromatic heterocycles. The predicted molar refractivity (Wildman–Crippen MR) is 119 cm³/mol. The van der Waals surface area contributed by atoms with Crippen molar-refractivity contribution in [2.45, 2.75) is 63.4 Å². The second-order valence-corrected chi connectivity index (χ2v) is 9.86. The highest BCUT2D eigenvalue weighted by Gasteiger charge is 2.66. The van der Waals surface area contributed by atoms with E-state index in [1.165, 1.54) is 25.7 Å². The maximum Gasteiger partial charge on any atom is 0.304 e. The van der Waals surface area contributed by atoms with Gasteiger partial charge in [0.05, 0.1) is 13.0 Å². The summed E-state index contributed by atoms with van der Waals surface area (Å²) in [4.78, 5) is 20.5. The molecule has 0 spiro atoms. The molecule has 0 saturated carbocycles. The lowest BCUT2D eigenvalue weighted by Crippen LogP contribution is -2.61. The first-order chi connectivity index (χ1) is 14.6. The van der Waals surface area contributed by atoms with E-state index in [9.17, 15) is 4.79 Å². The average Bonchev–Trinajstić information content (AvgIpc) is 3.11. The van der Waals surface area contributed by atoms with Crippen LogP contribution >= 0.6 is 11.8 Å². The van der Waals surface area contributed by atoms with Crippen molar-refractivity contribution in [3.8, 4) is 0 Å². The molecule has 0 atom stereocenters. The molecule has 7 nitrogen and oxygen atoms in total. The first kappa shape index (κ1) is 21.7. The Kier molecular flexibility index (Phi) is 6.72. The van der Waals surface area contributed by atoms with E-state index in [0.717, 1.165) is 62.8 Å². The molecule has 1 N–H and O–H groups in total. The van der Waals surface area contributed by atoms with Crippen molar-refractivity contribution in [3.63, 3.8) is 0 Å². The van der Waals surface area contributed by atoms with Crippen LogP contribution in [0.3, 0.4) is 0 Å². The van der Waals surface area contributed by atoms with Gasteiger partial charge in [-0.05, 0) is 50.7 Å². The monoisotopic (exact) mass is 436 g/mol. The van der Waals surface area contributed by atoms with E-state index in [2.05, 4.69) is 32.8 Å². The van der Waals surface area contributed by atoms with Gasteiger partial charge in [-0.1, -0.05) is 13.2 Å². The van der Waals surface area contributed by atoms with Crippen LogP contribution in [0.5, 0.6) is 0 Å². The van der Waals surface area contributed by atoms with Crippen molar-refractivity contribution in [3.05, 3.63) is 24.8 Å². The van der Waals surface area contributed by atoms with E-state index in [1.807, 2.05) is 0 Å². The smallest absolute Gasteiger partial charge is 0.304 e. The third kappa shape index (κ3) is 3.77. The molecule has 0 radical (unpaired) electrons. The Morgan fingerprint density at radius 1 is 0.967 bits per heavy atom. The number of thioether (sulfide) groups is 1. The number of fused-ring (bicyclic) bond motifs is 9. The minimum absolute atomic E-state index is 0.119. The maximum absolute atomic E-state index is 10.7. The zero-order chi connectivity index (χ0) is 21.1. The van der Waals surface area contributed by atoms with Crippen LogP contribution in [0.15, 0.2) is 24.8 Å². The van der Waals surface area contributed by atoms with Crippen LogP contribution in [0, 0.1) is 0 Å². The first-order valence-electron chi connectivity index (χ1n) is 11.5. The Morgan fingerprint density at radius 2 is 1.53 bits per heavy atom. The van der Waals surface area contributed by atoms with Crippen LogP contribution in [0.25, 0.3) is 0 Å². The molecule has 4 fully saturated rings. The van der Waals surface area contributed by atoms with Crippen LogP contribution in [0.2, 0.25) is 0 Å². The number of carbonyl (C=O) groups is 1. The van der Waals surface area contributed by atoms with Gasteiger partial charge in [0.2, 0.25) is 0 Å². The van der Waals surface area contributed by atoms with Gasteiger partial charge >= 0.3 is 5.97 Å². The van der Waals surface area contributed by atoms with E-state index in [1.54, 1.807) is 11.8 Å². The van der Waals surface area contributed by atoms with Crippen LogP contribution in [0.4, 0.5) is 0 Å². The zero-order valence-corrected chi connectivity index (χ0v) is 18.9. The second kappa shape index (κ2) is 9.30. The van der Waals surface area contributed by atoms with E-state index in [-0.39, 0.29) is 12.6 Å². The van der Waals surface area contributed by atoms with Gasteiger partial charge in [-0.3, -0.25) is 4.79 Å². The minimum Gasteiger partial charge on any atom is -0.481 e. The Labute approximate surface area is 184 Å². The molecule has 0 aliphatic carbocycles. The molecule has 168 valence electrons. The van der Waals surface area contributed by atoms with Gasteiger partial charge in [-0.15, -0.1) is 0 Å². The summed E-state index contributed by atoms with van der Waals surface area (Å²) in [6.07, 6.45) is 8.45. The molecular formula is C22H36N4O3S. The van der Waals surface area contributed by atoms with Crippen LogP contribution in [-0.2, 0) is 9.53 Å². The summed E-state index contributed by atoms with van der Waals surface area (Å²) >= 11 is 1.70. The standard InChI is InChI=1S/C22H36N4O3S/c1-18-23-11-5-3-7-13-25(18)22(29-15-9-16-30-17-10-20(27)28)21(23)24-12-6-4-8-14-26(22)19(24)2/h21H,1-17H2,(H,27,28). The van der Waals surface area contributed by atoms with Gasteiger partial charge in [0, 0.05) is 31.9 Å². The number of aliphatic carboxylic acids is 1. The molecule has 4 aliphatic heterocycles. The van der Waals surface area contributed by atoms with Crippen molar-refractivity contribution in [1.82, 2.24) is 19.6 Å². The number of hydrogen-bond acceptors (Lipinski definition) is 7. The molecule has 4 bridgehead atoms. The Morgan fingerprint density at radius 3 is 2.10 bits per heavy atom. The summed E-state index contributed by atoms with van der Waals surface area (Å²) in [5, 5.41) is 8.80. The molecule has 4 aliphatic rings. The molecule has 0 unspecified atom stereocenters. The van der Waals surface area contributed by atoms with Crippen molar-refractivity contribution in [2.75, 3.05) is 44.3 Å². The quantitative estimate of drug-likeness (QED) is 0.583. The fourth-order valence-corrected chi connectivity index (χ4v) is 6.22. The highest BCUT2D eigenvalue weighted by molar-refractivity contribution is 7.99. The lowest BCUT2D eigenvalue weighted by molar-refractivity contribution is -0.213. The maximum atomic E-state index is 10.7. The summed E-state index contributed by atoms with van der Waals surface area (Å²) in [6, 6.07) is 0. The van der Waals surface area contributed by atoms with Gasteiger partial charge < -0.3 is 29.4 Å². The molecule has 4 saturated heterocycles. The SMILES string of the molecule is C=C1N2CCCCCN1C1(OCCCSCCC(=O)O)C2N2CCCCCN1C2=C. The number of carboxylic acids is 1. The normalized spacial score (nSPS) is 28.9. The second-order valence-electron chi connectivity index (χ2n) is 8.63. The van der Waals surface area contributed by atoms with Crippen LogP contribution in [0.1, 0.15) is 51.4 Å². The number of carboxylic acid groups (broad SMARTS) is 1. The number of rotatable bonds is 8. The van der Waals surface area contributed by atoms with Crippen molar-refractivity contribution < 1.29 is 14.6 Å². The van der Waals surface area contributed by atoms with Crippen LogP contribution < -0.4 is 0 Å². The predicted octanol–water partition coefficient (Wildman–Crippen LogP) is 3.13. The van der Waals surface area contributed by atoms with E-state index >= 15 is 0 Å². The third-order valence-corrected chi connectivity index (χ3v) is 7.83. The fraction of sp³-hybridized carbons (Fsp3) is 0.773. The summed E-state index contributed by atoms with van der Waals surface area (Å²) in [5.74, 6) is 2.52.